The number of alkyl carbamates (subject to hydrolysis) is 1. The Kier molecular flexibility index (Phi) is 13.7. The van der Waals surface area contributed by atoms with E-state index in [9.17, 15) is 24.0 Å². The van der Waals surface area contributed by atoms with Gasteiger partial charge in [0.15, 0.2) is 0 Å². The van der Waals surface area contributed by atoms with E-state index in [2.05, 4.69) is 31.1 Å². The van der Waals surface area contributed by atoms with Gasteiger partial charge in [-0.15, -0.1) is 0 Å². The zero-order valence-electron chi connectivity index (χ0n) is 37.1. The second-order valence-corrected chi connectivity index (χ2v) is 15.7. The number of nitrogens with zero attached hydrogens (tertiary/aromatic N) is 8. The highest BCUT2D eigenvalue weighted by molar-refractivity contribution is 6.05. The van der Waals surface area contributed by atoms with Gasteiger partial charge in [-0.2, -0.15) is 10.2 Å². The summed E-state index contributed by atoms with van der Waals surface area (Å²) >= 11 is 0. The molecule has 6 aromatic rings. The van der Waals surface area contributed by atoms with E-state index in [1.165, 1.54) is 31.4 Å². The minimum Gasteiger partial charge on any atom is -0.494 e. The predicted molar refractivity (Wildman–Crippen MR) is 238 cm³/mol. The van der Waals surface area contributed by atoms with Crippen molar-refractivity contribution in [1.29, 1.82) is 0 Å². The maximum atomic E-state index is 13.8. The molecule has 6 rings (SSSR count). The molecular formula is C43H53N13O8. The number of allylic oxidation sites excluding steroid dienone is 2. The first-order valence-corrected chi connectivity index (χ1v) is 20.6. The number of hydrogen-bond donors (Lipinski definition) is 5. The van der Waals surface area contributed by atoms with E-state index in [1.54, 1.807) is 65.2 Å². The number of methoxy groups -OCH3 is 1. The Hall–Kier alpha value is -7.71. The highest BCUT2D eigenvalue weighted by atomic mass is 16.6. The molecule has 0 saturated heterocycles. The number of primary amides is 2. The van der Waals surface area contributed by atoms with Gasteiger partial charge in [-0.25, -0.2) is 14.8 Å². The van der Waals surface area contributed by atoms with Gasteiger partial charge in [-0.3, -0.25) is 39.2 Å². The maximum absolute atomic E-state index is 13.8. The number of fused-ring (bicyclic) bond motifs is 2. The van der Waals surface area contributed by atoms with Crippen LogP contribution in [0.2, 0.25) is 0 Å². The lowest BCUT2D eigenvalue weighted by molar-refractivity contribution is 0.0524. The molecule has 0 aliphatic heterocycles. The number of benzene rings is 2. The molecular weight excluding hydrogens is 827 g/mol. The van der Waals surface area contributed by atoms with Gasteiger partial charge in [0, 0.05) is 43.9 Å². The lowest BCUT2D eigenvalue weighted by Crippen LogP contribution is -2.33. The number of nitrogens with two attached hydrogens (primary N) is 2. The van der Waals surface area contributed by atoms with Crippen molar-refractivity contribution in [3.05, 3.63) is 82.5 Å². The number of carbonyl (C=O) groups is 5. The Balaban J connectivity index is 1.37. The monoisotopic (exact) mass is 879 g/mol. The molecule has 0 aliphatic rings. The number of carbonyl (C=O) groups excluding carboxylic acids is 5. The van der Waals surface area contributed by atoms with Crippen LogP contribution in [-0.4, -0.2) is 94.2 Å². The van der Waals surface area contributed by atoms with Crippen molar-refractivity contribution >= 4 is 63.7 Å². The molecule has 7 N–H and O–H groups in total. The van der Waals surface area contributed by atoms with E-state index >= 15 is 0 Å². The van der Waals surface area contributed by atoms with Crippen LogP contribution in [0.4, 0.5) is 16.7 Å². The van der Waals surface area contributed by atoms with Gasteiger partial charge in [0.2, 0.25) is 23.7 Å². The fourth-order valence-corrected chi connectivity index (χ4v) is 6.95. The van der Waals surface area contributed by atoms with Crippen LogP contribution < -0.4 is 36.9 Å². The average Bonchev–Trinajstić information content (AvgIpc) is 4.00. The number of amides is 5. The minimum atomic E-state index is -0.719. The molecule has 0 atom stereocenters. The third-order valence-corrected chi connectivity index (χ3v) is 9.71. The molecule has 21 heteroatoms. The number of anilines is 2. The molecule has 0 unspecified atom stereocenters. The number of ether oxygens (including phenoxy) is 3. The average molecular weight is 880 g/mol. The quantitative estimate of drug-likeness (QED) is 0.0581. The SMILES string of the molecule is CCn1nc(C)cc1C(=O)Nc1nc2cc(C(N)=O)cc(OC)c2n1C/C=C/Cn1c(NC(=O)c2cc(C)nn2CC)nc2cc(C(N)=O)cc(OCCCNC(=O)OC(C)(C)C)c21. The molecule has 2 aromatic carbocycles. The number of rotatable bonds is 18. The van der Waals surface area contributed by atoms with E-state index in [1.807, 2.05) is 26.0 Å². The largest absolute Gasteiger partial charge is 0.494 e. The Morgan fingerprint density at radius 2 is 1.19 bits per heavy atom. The van der Waals surface area contributed by atoms with Crippen LogP contribution >= 0.6 is 0 Å². The summed E-state index contributed by atoms with van der Waals surface area (Å²) < 4.78 is 23.8. The molecule has 4 aromatic heterocycles. The molecule has 0 spiro atoms. The number of aromatic nitrogens is 8. The van der Waals surface area contributed by atoms with Gasteiger partial charge in [0.25, 0.3) is 11.8 Å². The number of hydrogen-bond acceptors (Lipinski definition) is 12. The van der Waals surface area contributed by atoms with Gasteiger partial charge >= 0.3 is 6.09 Å². The standard InChI is InChI=1S/C43H53N13O8/c1-9-55-30(18-24(3)51-55)38(59)49-40-47-28-20-26(36(44)57)22-32(62-8)34(28)53(40)15-11-12-16-54-35-29(48-41(54)50-39(60)31-19-25(4)52-56(31)10-2)21-27(37(45)58)23-33(35)63-17-13-14-46-42(61)64-43(5,6)7/h11-12,18-23H,9-10,13-17H2,1-8H3,(H2,44,57)(H2,45,58)(H,46,61)(H,47,49,59)(H,48,50,60)/b12-11+. The number of aryl methyl sites for hydroxylation is 4. The van der Waals surface area contributed by atoms with Crippen LogP contribution in [0.5, 0.6) is 11.5 Å². The maximum Gasteiger partial charge on any atom is 0.407 e. The summed E-state index contributed by atoms with van der Waals surface area (Å²) in [4.78, 5) is 73.9. The van der Waals surface area contributed by atoms with Gasteiger partial charge < -0.3 is 40.1 Å². The summed E-state index contributed by atoms with van der Waals surface area (Å²) in [5.41, 5.74) is 14.5. The number of imidazole rings is 2. The van der Waals surface area contributed by atoms with Crippen molar-refractivity contribution in [3.63, 3.8) is 0 Å². The molecule has 338 valence electrons. The molecule has 0 fully saturated rings. The van der Waals surface area contributed by atoms with Crippen LogP contribution in [-0.2, 0) is 30.9 Å². The summed E-state index contributed by atoms with van der Waals surface area (Å²) in [5.74, 6) is -1.49. The summed E-state index contributed by atoms with van der Waals surface area (Å²) in [6, 6.07) is 9.37. The molecule has 64 heavy (non-hydrogen) atoms. The normalized spacial score (nSPS) is 11.6. The van der Waals surface area contributed by atoms with E-state index in [0.29, 0.717) is 70.1 Å². The summed E-state index contributed by atoms with van der Waals surface area (Å²) in [7, 11) is 1.45. The Bertz CT molecular complexity index is 2790. The van der Waals surface area contributed by atoms with Crippen LogP contribution in [0, 0.1) is 13.8 Å². The lowest BCUT2D eigenvalue weighted by Gasteiger charge is -2.19. The van der Waals surface area contributed by atoms with Crippen LogP contribution in [0.15, 0.2) is 48.6 Å². The first-order valence-electron chi connectivity index (χ1n) is 20.6. The smallest absolute Gasteiger partial charge is 0.407 e. The molecule has 0 saturated carbocycles. The highest BCUT2D eigenvalue weighted by Gasteiger charge is 2.24. The Labute approximate surface area is 368 Å². The third-order valence-electron chi connectivity index (χ3n) is 9.71. The van der Waals surface area contributed by atoms with E-state index < -0.39 is 35.3 Å². The summed E-state index contributed by atoms with van der Waals surface area (Å²) in [5, 5.41) is 17.3. The Morgan fingerprint density at radius 3 is 1.62 bits per heavy atom. The fraction of sp³-hybridized carbons (Fsp3) is 0.372. The molecule has 0 bridgehead atoms. The van der Waals surface area contributed by atoms with Crippen molar-refractivity contribution in [2.24, 2.45) is 11.5 Å². The van der Waals surface area contributed by atoms with E-state index in [4.69, 9.17) is 30.7 Å². The van der Waals surface area contributed by atoms with Crippen molar-refractivity contribution in [3.8, 4) is 11.5 Å². The van der Waals surface area contributed by atoms with Crippen LogP contribution in [0.25, 0.3) is 22.1 Å². The van der Waals surface area contributed by atoms with Crippen molar-refractivity contribution in [2.75, 3.05) is 30.9 Å². The van der Waals surface area contributed by atoms with Crippen molar-refractivity contribution in [2.45, 2.75) is 86.7 Å². The summed E-state index contributed by atoms with van der Waals surface area (Å²) in [6.07, 6.45) is 3.43. The van der Waals surface area contributed by atoms with Gasteiger partial charge in [0.1, 0.15) is 39.5 Å². The third kappa shape index (κ3) is 10.3. The molecule has 4 heterocycles. The van der Waals surface area contributed by atoms with E-state index in [-0.39, 0.29) is 55.0 Å². The van der Waals surface area contributed by atoms with E-state index in [0.717, 1.165) is 0 Å². The van der Waals surface area contributed by atoms with Gasteiger partial charge in [-0.05, 0) is 91.3 Å². The van der Waals surface area contributed by atoms with Crippen LogP contribution in [0.3, 0.4) is 0 Å². The minimum absolute atomic E-state index is 0.108. The highest BCUT2D eigenvalue weighted by Crippen LogP contribution is 2.33. The topological polar surface area (TPSA) is 272 Å². The van der Waals surface area contributed by atoms with Crippen molar-refractivity contribution in [1.82, 2.24) is 44.0 Å². The molecule has 0 radical (unpaired) electrons. The molecule has 0 aliphatic carbocycles. The van der Waals surface area contributed by atoms with Crippen LogP contribution in [0.1, 0.15) is 94.1 Å². The summed E-state index contributed by atoms with van der Waals surface area (Å²) in [6.45, 7) is 14.1. The van der Waals surface area contributed by atoms with Crippen molar-refractivity contribution < 1.29 is 38.2 Å². The Morgan fingerprint density at radius 1 is 0.719 bits per heavy atom. The second kappa shape index (κ2) is 19.1. The van der Waals surface area contributed by atoms with Gasteiger partial charge in [0.05, 0.1) is 36.1 Å². The lowest BCUT2D eigenvalue weighted by atomic mass is 10.1. The zero-order chi connectivity index (χ0) is 46.5. The molecule has 21 nitrogen and oxygen atoms in total. The fourth-order valence-electron chi connectivity index (χ4n) is 6.95. The second-order valence-electron chi connectivity index (χ2n) is 15.7. The number of nitrogens with one attached hydrogen (secondary N) is 3. The molecule has 5 amide bonds. The zero-order valence-corrected chi connectivity index (χ0v) is 37.1. The first-order chi connectivity index (χ1) is 30.4. The first kappa shape index (κ1) is 45.8. The predicted octanol–water partition coefficient (Wildman–Crippen LogP) is 4.70. The van der Waals surface area contributed by atoms with Gasteiger partial charge in [-0.1, -0.05) is 12.2 Å².